The number of nitrogens with one attached hydrogen (secondary N) is 1. The second-order valence-corrected chi connectivity index (χ2v) is 6.15. The van der Waals surface area contributed by atoms with Gasteiger partial charge in [-0.3, -0.25) is 14.5 Å². The largest absolute Gasteiger partial charge is 0.481 e. The SMILES string of the molecule is O=C(O)CC1C(=O)NCCN1C1CCN2CCCC2C1. The molecule has 0 saturated carbocycles. The second-order valence-electron chi connectivity index (χ2n) is 6.15. The molecule has 3 unspecified atom stereocenters. The van der Waals surface area contributed by atoms with E-state index in [1.54, 1.807) is 0 Å². The summed E-state index contributed by atoms with van der Waals surface area (Å²) in [6.45, 7) is 3.71. The van der Waals surface area contributed by atoms with Crippen LogP contribution >= 0.6 is 0 Å². The number of rotatable bonds is 3. The van der Waals surface area contributed by atoms with Gasteiger partial charge < -0.3 is 15.3 Å². The van der Waals surface area contributed by atoms with E-state index in [4.69, 9.17) is 5.11 Å². The lowest BCUT2D eigenvalue weighted by Gasteiger charge is -2.45. The minimum atomic E-state index is -0.893. The summed E-state index contributed by atoms with van der Waals surface area (Å²) in [5.41, 5.74) is 0. The molecule has 0 radical (unpaired) electrons. The number of fused-ring (bicyclic) bond motifs is 1. The molecule has 6 heteroatoms. The summed E-state index contributed by atoms with van der Waals surface area (Å²) >= 11 is 0. The summed E-state index contributed by atoms with van der Waals surface area (Å²) in [7, 11) is 0. The Labute approximate surface area is 119 Å². The van der Waals surface area contributed by atoms with Crippen LogP contribution in [0.1, 0.15) is 32.1 Å². The minimum Gasteiger partial charge on any atom is -0.481 e. The molecule has 3 aliphatic rings. The van der Waals surface area contributed by atoms with Gasteiger partial charge in [0.05, 0.1) is 12.5 Å². The van der Waals surface area contributed by atoms with Crippen molar-refractivity contribution >= 4 is 11.9 Å². The van der Waals surface area contributed by atoms with E-state index in [9.17, 15) is 9.59 Å². The van der Waals surface area contributed by atoms with Crippen LogP contribution in [0.4, 0.5) is 0 Å². The molecule has 3 heterocycles. The number of carboxylic acids is 1. The van der Waals surface area contributed by atoms with E-state index in [2.05, 4.69) is 15.1 Å². The lowest BCUT2D eigenvalue weighted by molar-refractivity contribution is -0.144. The molecule has 20 heavy (non-hydrogen) atoms. The van der Waals surface area contributed by atoms with Crippen LogP contribution in [0.15, 0.2) is 0 Å². The van der Waals surface area contributed by atoms with Crippen molar-refractivity contribution in [3.63, 3.8) is 0 Å². The van der Waals surface area contributed by atoms with Crippen molar-refractivity contribution < 1.29 is 14.7 Å². The Hall–Kier alpha value is -1.14. The number of nitrogens with zero attached hydrogens (tertiary/aromatic N) is 2. The monoisotopic (exact) mass is 281 g/mol. The number of piperidine rings is 1. The number of carboxylic acid groups (broad SMARTS) is 1. The number of hydrogen-bond acceptors (Lipinski definition) is 4. The average Bonchev–Trinajstić information content (AvgIpc) is 2.88. The van der Waals surface area contributed by atoms with Gasteiger partial charge in [-0.2, -0.15) is 0 Å². The molecule has 0 aromatic carbocycles. The van der Waals surface area contributed by atoms with Crippen LogP contribution in [0.25, 0.3) is 0 Å². The van der Waals surface area contributed by atoms with Crippen LogP contribution in [0.5, 0.6) is 0 Å². The molecular formula is C14H23N3O3. The number of aliphatic carboxylic acids is 1. The van der Waals surface area contributed by atoms with Crippen molar-refractivity contribution in [1.82, 2.24) is 15.1 Å². The highest BCUT2D eigenvalue weighted by molar-refractivity contribution is 5.86. The van der Waals surface area contributed by atoms with Crippen molar-refractivity contribution in [2.45, 2.75) is 50.2 Å². The van der Waals surface area contributed by atoms with Gasteiger partial charge in [0.25, 0.3) is 0 Å². The van der Waals surface area contributed by atoms with Crippen LogP contribution in [0.3, 0.4) is 0 Å². The third-order valence-electron chi connectivity index (χ3n) is 5.00. The summed E-state index contributed by atoms with van der Waals surface area (Å²) in [5, 5.41) is 11.8. The zero-order chi connectivity index (χ0) is 14.1. The Bertz CT molecular complexity index is 401. The highest BCUT2D eigenvalue weighted by atomic mass is 16.4. The summed E-state index contributed by atoms with van der Waals surface area (Å²) in [4.78, 5) is 27.7. The van der Waals surface area contributed by atoms with Gasteiger partial charge in [-0.25, -0.2) is 0 Å². The Morgan fingerprint density at radius 1 is 1.25 bits per heavy atom. The minimum absolute atomic E-state index is 0.0866. The summed E-state index contributed by atoms with van der Waals surface area (Å²) in [6.07, 6.45) is 4.58. The summed E-state index contributed by atoms with van der Waals surface area (Å²) in [5.74, 6) is -1.01. The molecule has 0 spiro atoms. The molecular weight excluding hydrogens is 258 g/mol. The summed E-state index contributed by atoms with van der Waals surface area (Å²) < 4.78 is 0. The predicted molar refractivity (Wildman–Crippen MR) is 73.4 cm³/mol. The number of amides is 1. The molecule has 0 aliphatic carbocycles. The first-order valence-electron chi connectivity index (χ1n) is 7.64. The first kappa shape index (κ1) is 13.8. The Kier molecular flexibility index (Phi) is 3.94. The lowest BCUT2D eigenvalue weighted by atomic mass is 9.93. The number of carbonyl (C=O) groups is 2. The fourth-order valence-corrected chi connectivity index (χ4v) is 4.05. The lowest BCUT2D eigenvalue weighted by Crippen LogP contribution is -2.61. The van der Waals surface area contributed by atoms with E-state index in [0.29, 0.717) is 18.6 Å². The van der Waals surface area contributed by atoms with Crippen LogP contribution in [0, 0.1) is 0 Å². The fraction of sp³-hybridized carbons (Fsp3) is 0.857. The van der Waals surface area contributed by atoms with E-state index in [0.717, 1.165) is 25.9 Å². The maximum atomic E-state index is 12.0. The Morgan fingerprint density at radius 2 is 2.10 bits per heavy atom. The fourth-order valence-electron chi connectivity index (χ4n) is 4.05. The zero-order valence-electron chi connectivity index (χ0n) is 11.8. The van der Waals surface area contributed by atoms with Crippen LogP contribution in [0.2, 0.25) is 0 Å². The van der Waals surface area contributed by atoms with E-state index >= 15 is 0 Å². The normalized spacial score (nSPS) is 35.6. The molecule has 3 rings (SSSR count). The van der Waals surface area contributed by atoms with Gasteiger partial charge in [0.15, 0.2) is 0 Å². The van der Waals surface area contributed by atoms with E-state index in [1.807, 2.05) is 0 Å². The van der Waals surface area contributed by atoms with Gasteiger partial charge in [0.2, 0.25) is 5.91 Å². The molecule has 3 aliphatic heterocycles. The number of hydrogen-bond donors (Lipinski definition) is 2. The van der Waals surface area contributed by atoms with Crippen LogP contribution < -0.4 is 5.32 Å². The molecule has 3 atom stereocenters. The van der Waals surface area contributed by atoms with Crippen molar-refractivity contribution in [2.24, 2.45) is 0 Å². The summed E-state index contributed by atoms with van der Waals surface area (Å²) in [6, 6.07) is 0.521. The van der Waals surface area contributed by atoms with Crippen molar-refractivity contribution in [3.05, 3.63) is 0 Å². The van der Waals surface area contributed by atoms with Crippen LogP contribution in [-0.4, -0.2) is 71.1 Å². The highest BCUT2D eigenvalue weighted by Crippen LogP contribution is 2.31. The standard InChI is InChI=1S/C14H23N3O3/c18-13(19)9-12-14(20)15-4-7-17(12)11-3-6-16-5-1-2-10(16)8-11/h10-12H,1-9H2,(H,15,20)(H,18,19). The van der Waals surface area contributed by atoms with Gasteiger partial charge in [-0.15, -0.1) is 0 Å². The number of carbonyl (C=O) groups excluding carboxylic acids is 1. The second kappa shape index (κ2) is 5.69. The quantitative estimate of drug-likeness (QED) is 0.755. The molecule has 2 N–H and O–H groups in total. The third-order valence-corrected chi connectivity index (χ3v) is 5.00. The molecule has 6 nitrogen and oxygen atoms in total. The van der Waals surface area contributed by atoms with E-state index in [-0.39, 0.29) is 12.3 Å². The molecule has 0 aromatic rings. The molecule has 0 bridgehead atoms. The molecule has 3 saturated heterocycles. The van der Waals surface area contributed by atoms with Crippen molar-refractivity contribution in [2.75, 3.05) is 26.2 Å². The molecule has 3 fully saturated rings. The highest BCUT2D eigenvalue weighted by Gasteiger charge is 2.40. The maximum Gasteiger partial charge on any atom is 0.305 e. The number of piperazine rings is 1. The third kappa shape index (κ3) is 2.67. The topological polar surface area (TPSA) is 72.9 Å². The van der Waals surface area contributed by atoms with Crippen LogP contribution in [-0.2, 0) is 9.59 Å². The van der Waals surface area contributed by atoms with Crippen molar-refractivity contribution in [1.29, 1.82) is 0 Å². The Morgan fingerprint density at radius 3 is 2.90 bits per heavy atom. The average molecular weight is 281 g/mol. The van der Waals surface area contributed by atoms with Gasteiger partial charge in [0.1, 0.15) is 0 Å². The molecule has 0 aromatic heterocycles. The Balaban J connectivity index is 1.69. The van der Waals surface area contributed by atoms with Crippen molar-refractivity contribution in [3.8, 4) is 0 Å². The maximum absolute atomic E-state index is 12.0. The first-order chi connectivity index (χ1) is 9.65. The first-order valence-corrected chi connectivity index (χ1v) is 7.64. The predicted octanol–water partition coefficient (Wildman–Crippen LogP) is -0.112. The van der Waals surface area contributed by atoms with Gasteiger partial charge in [0, 0.05) is 25.2 Å². The van der Waals surface area contributed by atoms with E-state index in [1.165, 1.54) is 19.4 Å². The zero-order valence-corrected chi connectivity index (χ0v) is 11.8. The van der Waals surface area contributed by atoms with Gasteiger partial charge in [-0.1, -0.05) is 0 Å². The van der Waals surface area contributed by atoms with E-state index < -0.39 is 12.0 Å². The smallest absolute Gasteiger partial charge is 0.305 e. The molecule has 112 valence electrons. The molecule has 1 amide bonds. The van der Waals surface area contributed by atoms with Gasteiger partial charge in [-0.05, 0) is 38.8 Å². The van der Waals surface area contributed by atoms with Gasteiger partial charge >= 0.3 is 5.97 Å².